The first-order valence-corrected chi connectivity index (χ1v) is 4.82. The molecule has 3 rings (SSSR count). The van der Waals surface area contributed by atoms with E-state index in [4.69, 9.17) is 9.47 Å². The van der Waals surface area contributed by atoms with Crippen LogP contribution in [0.15, 0.2) is 30.6 Å². The van der Waals surface area contributed by atoms with Gasteiger partial charge in [-0.2, -0.15) is 5.10 Å². The highest BCUT2D eigenvalue weighted by molar-refractivity contribution is 5.65. The van der Waals surface area contributed by atoms with Crippen molar-refractivity contribution in [1.29, 1.82) is 0 Å². The fourth-order valence-electron chi connectivity index (χ4n) is 1.63. The molecular formula is C11H10N2O2. The van der Waals surface area contributed by atoms with Crippen LogP contribution in [0.5, 0.6) is 11.5 Å². The molecule has 76 valence electrons. The molecule has 0 unspecified atom stereocenters. The summed E-state index contributed by atoms with van der Waals surface area (Å²) < 4.78 is 11.0. The number of H-pyrrole nitrogens is 1. The summed E-state index contributed by atoms with van der Waals surface area (Å²) in [5.41, 5.74) is 2.12. The fraction of sp³-hybridized carbons (Fsp3) is 0.182. The van der Waals surface area contributed by atoms with Gasteiger partial charge in [-0.3, -0.25) is 5.10 Å². The number of nitrogens with zero attached hydrogens (tertiary/aromatic N) is 1. The van der Waals surface area contributed by atoms with E-state index in [2.05, 4.69) is 10.2 Å². The van der Waals surface area contributed by atoms with Gasteiger partial charge in [0.15, 0.2) is 11.5 Å². The van der Waals surface area contributed by atoms with Crippen molar-refractivity contribution in [2.45, 2.75) is 0 Å². The largest absolute Gasteiger partial charge is 0.486 e. The zero-order valence-electron chi connectivity index (χ0n) is 8.06. The second-order valence-corrected chi connectivity index (χ2v) is 3.35. The molecule has 0 radical (unpaired) electrons. The summed E-state index contributed by atoms with van der Waals surface area (Å²) >= 11 is 0. The lowest BCUT2D eigenvalue weighted by Crippen LogP contribution is -2.15. The molecule has 0 aliphatic carbocycles. The summed E-state index contributed by atoms with van der Waals surface area (Å²) in [6.07, 6.45) is 3.64. The Morgan fingerprint density at radius 2 is 1.93 bits per heavy atom. The lowest BCUT2D eigenvalue weighted by molar-refractivity contribution is 0.171. The van der Waals surface area contributed by atoms with Gasteiger partial charge < -0.3 is 9.47 Å². The highest BCUT2D eigenvalue weighted by atomic mass is 16.6. The Kier molecular flexibility index (Phi) is 1.84. The predicted molar refractivity (Wildman–Crippen MR) is 55.0 cm³/mol. The van der Waals surface area contributed by atoms with Crippen molar-refractivity contribution >= 4 is 0 Å². The van der Waals surface area contributed by atoms with Crippen LogP contribution in [0.4, 0.5) is 0 Å². The number of nitrogens with one attached hydrogen (secondary N) is 1. The Hall–Kier alpha value is -1.97. The van der Waals surface area contributed by atoms with Crippen molar-refractivity contribution in [3.63, 3.8) is 0 Å². The highest BCUT2D eigenvalue weighted by Crippen LogP contribution is 2.33. The Morgan fingerprint density at radius 3 is 2.73 bits per heavy atom. The molecule has 2 aromatic rings. The Balaban J connectivity index is 2.04. The molecule has 15 heavy (non-hydrogen) atoms. The van der Waals surface area contributed by atoms with Crippen LogP contribution in [-0.4, -0.2) is 23.4 Å². The number of hydrogen-bond donors (Lipinski definition) is 1. The maximum absolute atomic E-state index is 5.51. The number of ether oxygens (including phenoxy) is 2. The molecule has 0 fully saturated rings. The van der Waals surface area contributed by atoms with Crippen LogP contribution < -0.4 is 9.47 Å². The van der Waals surface area contributed by atoms with E-state index in [1.54, 1.807) is 6.20 Å². The number of aromatic nitrogens is 2. The van der Waals surface area contributed by atoms with E-state index >= 15 is 0 Å². The van der Waals surface area contributed by atoms with Gasteiger partial charge in [0.2, 0.25) is 0 Å². The topological polar surface area (TPSA) is 47.1 Å². The molecule has 1 aliphatic heterocycles. The maximum Gasteiger partial charge on any atom is 0.161 e. The molecule has 2 heterocycles. The van der Waals surface area contributed by atoms with Gasteiger partial charge >= 0.3 is 0 Å². The second-order valence-electron chi connectivity index (χ2n) is 3.35. The van der Waals surface area contributed by atoms with Gasteiger partial charge in [-0.25, -0.2) is 0 Å². The van der Waals surface area contributed by atoms with Crippen molar-refractivity contribution in [2.24, 2.45) is 0 Å². The van der Waals surface area contributed by atoms with E-state index in [0.29, 0.717) is 13.2 Å². The van der Waals surface area contributed by atoms with Gasteiger partial charge in [0.1, 0.15) is 13.2 Å². The third-order valence-electron chi connectivity index (χ3n) is 2.37. The normalized spacial score (nSPS) is 13.9. The van der Waals surface area contributed by atoms with Crippen LogP contribution in [0.25, 0.3) is 11.1 Å². The molecule has 1 N–H and O–H groups in total. The number of hydrogen-bond acceptors (Lipinski definition) is 3. The van der Waals surface area contributed by atoms with Crippen LogP contribution in [-0.2, 0) is 0 Å². The van der Waals surface area contributed by atoms with Crippen molar-refractivity contribution in [3.8, 4) is 22.6 Å². The van der Waals surface area contributed by atoms with Crippen molar-refractivity contribution in [3.05, 3.63) is 30.6 Å². The van der Waals surface area contributed by atoms with Gasteiger partial charge in [0, 0.05) is 11.8 Å². The number of aromatic amines is 1. The average Bonchev–Trinajstić information content (AvgIpc) is 2.82. The third-order valence-corrected chi connectivity index (χ3v) is 2.37. The SMILES string of the molecule is c1cc2c(cc1-c1cn[nH]c1)OCCO2. The van der Waals surface area contributed by atoms with Crippen LogP contribution >= 0.6 is 0 Å². The van der Waals surface area contributed by atoms with Crippen molar-refractivity contribution in [2.75, 3.05) is 13.2 Å². The second kappa shape index (κ2) is 3.31. The molecular weight excluding hydrogens is 192 g/mol. The van der Waals surface area contributed by atoms with Crippen LogP contribution in [0.2, 0.25) is 0 Å². The molecule has 1 aromatic carbocycles. The van der Waals surface area contributed by atoms with E-state index in [0.717, 1.165) is 22.6 Å². The van der Waals surface area contributed by atoms with E-state index in [9.17, 15) is 0 Å². The first-order chi connectivity index (χ1) is 7.43. The smallest absolute Gasteiger partial charge is 0.161 e. The lowest BCUT2D eigenvalue weighted by atomic mass is 10.1. The summed E-state index contributed by atoms with van der Waals surface area (Å²) in [5, 5.41) is 6.70. The standard InChI is InChI=1S/C11H10N2O2/c1-2-10-11(15-4-3-14-10)5-8(1)9-6-12-13-7-9/h1-2,5-7H,3-4H2,(H,12,13). The molecule has 0 saturated heterocycles. The van der Waals surface area contributed by atoms with Crippen LogP contribution in [0, 0.1) is 0 Å². The summed E-state index contributed by atoms with van der Waals surface area (Å²) in [5.74, 6) is 1.62. The van der Waals surface area contributed by atoms with E-state index in [1.807, 2.05) is 24.4 Å². The van der Waals surface area contributed by atoms with E-state index in [1.165, 1.54) is 0 Å². The van der Waals surface area contributed by atoms with Gasteiger partial charge in [-0.1, -0.05) is 6.07 Å². The molecule has 4 nitrogen and oxygen atoms in total. The molecule has 0 bridgehead atoms. The van der Waals surface area contributed by atoms with Gasteiger partial charge in [-0.15, -0.1) is 0 Å². The third kappa shape index (κ3) is 1.44. The number of fused-ring (bicyclic) bond motifs is 1. The van der Waals surface area contributed by atoms with Gasteiger partial charge in [0.25, 0.3) is 0 Å². The number of rotatable bonds is 1. The molecule has 1 aromatic heterocycles. The predicted octanol–water partition coefficient (Wildman–Crippen LogP) is 1.85. The first-order valence-electron chi connectivity index (χ1n) is 4.82. The fourth-order valence-corrected chi connectivity index (χ4v) is 1.63. The molecule has 0 spiro atoms. The summed E-state index contributed by atoms with van der Waals surface area (Å²) in [7, 11) is 0. The molecule has 0 amide bonds. The van der Waals surface area contributed by atoms with Crippen molar-refractivity contribution < 1.29 is 9.47 Å². The summed E-state index contributed by atoms with van der Waals surface area (Å²) in [4.78, 5) is 0. The monoisotopic (exact) mass is 202 g/mol. The average molecular weight is 202 g/mol. The van der Waals surface area contributed by atoms with E-state index in [-0.39, 0.29) is 0 Å². The molecule has 0 saturated carbocycles. The van der Waals surface area contributed by atoms with Crippen molar-refractivity contribution in [1.82, 2.24) is 10.2 Å². The first kappa shape index (κ1) is 8.35. The van der Waals surface area contributed by atoms with E-state index < -0.39 is 0 Å². The van der Waals surface area contributed by atoms with Crippen LogP contribution in [0.3, 0.4) is 0 Å². The Morgan fingerprint density at radius 1 is 1.07 bits per heavy atom. The summed E-state index contributed by atoms with van der Waals surface area (Å²) in [6.45, 7) is 1.24. The van der Waals surface area contributed by atoms with Gasteiger partial charge in [0.05, 0.1) is 6.20 Å². The Bertz CT molecular complexity index is 465. The minimum atomic E-state index is 0.613. The van der Waals surface area contributed by atoms with Crippen LogP contribution in [0.1, 0.15) is 0 Å². The highest BCUT2D eigenvalue weighted by Gasteiger charge is 2.12. The minimum absolute atomic E-state index is 0.613. The zero-order chi connectivity index (χ0) is 10.1. The van der Waals surface area contributed by atoms with Gasteiger partial charge in [-0.05, 0) is 17.7 Å². The Labute approximate surface area is 86.8 Å². The summed E-state index contributed by atoms with van der Waals surface area (Å²) in [6, 6.07) is 5.90. The quantitative estimate of drug-likeness (QED) is 0.767. The molecule has 1 aliphatic rings. The zero-order valence-corrected chi connectivity index (χ0v) is 8.06. The molecule has 0 atom stereocenters. The maximum atomic E-state index is 5.51. The number of benzene rings is 1. The lowest BCUT2D eigenvalue weighted by Gasteiger charge is -2.18. The molecule has 4 heteroatoms. The minimum Gasteiger partial charge on any atom is -0.486 e.